The summed E-state index contributed by atoms with van der Waals surface area (Å²) >= 11 is 1.79. The highest BCUT2D eigenvalue weighted by molar-refractivity contribution is 7.25. The van der Waals surface area contributed by atoms with Crippen LogP contribution < -0.4 is 0 Å². The molecule has 14 aromatic rings. The molecule has 0 aliphatic heterocycles. The molecule has 0 unspecified atom stereocenters. The van der Waals surface area contributed by atoms with Crippen molar-refractivity contribution in [3.63, 3.8) is 0 Å². The summed E-state index contributed by atoms with van der Waals surface area (Å²) in [6.45, 7) is 0. The van der Waals surface area contributed by atoms with Gasteiger partial charge >= 0.3 is 0 Å². The van der Waals surface area contributed by atoms with Crippen LogP contribution in [0.25, 0.3) is 137 Å². The zero-order chi connectivity index (χ0) is 41.9. The minimum absolute atomic E-state index is 0.519. The highest BCUT2D eigenvalue weighted by atomic mass is 32.1. The van der Waals surface area contributed by atoms with E-state index in [2.05, 4.69) is 144 Å². The van der Waals surface area contributed by atoms with Crippen LogP contribution in [0.1, 0.15) is 0 Å². The first-order valence-electron chi connectivity index (χ1n) is 21.2. The number of benzene rings is 8. The first-order valence-corrected chi connectivity index (χ1v) is 22.0. The number of para-hydroxylation sites is 3. The number of nitrogens with zero attached hydrogens (tertiary/aromatic N) is 5. The predicted octanol–water partition coefficient (Wildman–Crippen LogP) is 15.2. The smallest absolute Gasteiger partial charge is 0.165 e. The summed E-state index contributed by atoms with van der Waals surface area (Å²) < 4.78 is 17.2. The molecule has 0 aliphatic carbocycles. The van der Waals surface area contributed by atoms with Gasteiger partial charge in [0.05, 0.1) is 11.0 Å². The zero-order valence-corrected chi connectivity index (χ0v) is 34.7. The van der Waals surface area contributed by atoms with Crippen molar-refractivity contribution in [2.45, 2.75) is 0 Å². The van der Waals surface area contributed by atoms with Gasteiger partial charge in [0.15, 0.2) is 23.1 Å². The molecule has 6 aromatic heterocycles. The molecule has 6 heterocycles. The van der Waals surface area contributed by atoms with E-state index in [1.54, 1.807) is 11.3 Å². The van der Waals surface area contributed by atoms with Crippen molar-refractivity contribution in [3.05, 3.63) is 188 Å². The molecule has 8 aromatic carbocycles. The van der Waals surface area contributed by atoms with E-state index in [4.69, 9.17) is 28.8 Å². The molecular formula is C56H31N5O2S. The summed E-state index contributed by atoms with van der Waals surface area (Å²) in [4.78, 5) is 20.3. The number of pyridine rings is 1. The molecule has 0 fully saturated rings. The van der Waals surface area contributed by atoms with Gasteiger partial charge in [0.1, 0.15) is 22.3 Å². The van der Waals surface area contributed by atoms with E-state index in [0.29, 0.717) is 23.1 Å². The van der Waals surface area contributed by atoms with Crippen LogP contribution in [0.4, 0.5) is 0 Å². The lowest BCUT2D eigenvalue weighted by Gasteiger charge is -2.11. The van der Waals surface area contributed by atoms with E-state index in [1.807, 2.05) is 48.7 Å². The molecular weight excluding hydrogens is 807 g/mol. The Kier molecular flexibility index (Phi) is 7.43. The fourth-order valence-corrected chi connectivity index (χ4v) is 10.5. The molecule has 0 saturated heterocycles. The van der Waals surface area contributed by atoms with Gasteiger partial charge in [-0.1, -0.05) is 84.9 Å². The van der Waals surface area contributed by atoms with Gasteiger partial charge in [-0.3, -0.25) is 4.98 Å². The average molecular weight is 838 g/mol. The van der Waals surface area contributed by atoms with E-state index >= 15 is 0 Å². The molecule has 8 heteroatoms. The minimum atomic E-state index is 0.519. The SMILES string of the molecule is c1ccc2c(c1)oc1ccc(-c3ccc4c5ccccc5n(-c5ccc(-c6nc(-c7cnc8c(c7)oc7ccccc78)nc(-c7ccc8sc9ccccc9c8c7)n6)cc5)c4c3)cc12. The first kappa shape index (κ1) is 35.2. The second-order valence-electron chi connectivity index (χ2n) is 16.2. The lowest BCUT2D eigenvalue weighted by molar-refractivity contribution is 0.668. The second kappa shape index (κ2) is 13.5. The van der Waals surface area contributed by atoms with Crippen LogP contribution in [0.5, 0.6) is 0 Å². The topological polar surface area (TPSA) is 82.8 Å². The molecule has 0 atom stereocenters. The molecule has 0 saturated carbocycles. The third-order valence-electron chi connectivity index (χ3n) is 12.5. The number of hydrogen-bond acceptors (Lipinski definition) is 7. The number of furan rings is 2. The number of fused-ring (bicyclic) bond motifs is 12. The van der Waals surface area contributed by atoms with E-state index in [1.165, 1.54) is 30.9 Å². The number of rotatable bonds is 5. The molecule has 0 amide bonds. The third kappa shape index (κ3) is 5.39. The molecule has 298 valence electrons. The maximum absolute atomic E-state index is 6.26. The largest absolute Gasteiger partial charge is 0.456 e. The maximum Gasteiger partial charge on any atom is 0.165 e. The van der Waals surface area contributed by atoms with Crippen LogP contribution in [-0.4, -0.2) is 24.5 Å². The summed E-state index contributed by atoms with van der Waals surface area (Å²) in [5.74, 6) is 1.67. The van der Waals surface area contributed by atoms with Crippen LogP contribution in [0.2, 0.25) is 0 Å². The van der Waals surface area contributed by atoms with Gasteiger partial charge in [-0.25, -0.2) is 15.0 Å². The van der Waals surface area contributed by atoms with Gasteiger partial charge < -0.3 is 13.4 Å². The normalized spacial score (nSPS) is 12.1. The Morgan fingerprint density at radius 2 is 0.938 bits per heavy atom. The number of hydrogen-bond donors (Lipinski definition) is 0. The fourth-order valence-electron chi connectivity index (χ4n) is 9.44. The van der Waals surface area contributed by atoms with E-state index in [9.17, 15) is 0 Å². The predicted molar refractivity (Wildman–Crippen MR) is 261 cm³/mol. The maximum atomic E-state index is 6.26. The van der Waals surface area contributed by atoms with Crippen molar-refractivity contribution in [2.75, 3.05) is 0 Å². The highest BCUT2D eigenvalue weighted by Crippen LogP contribution is 2.39. The molecule has 7 nitrogen and oxygen atoms in total. The van der Waals surface area contributed by atoms with E-state index in [0.717, 1.165) is 83.0 Å². The van der Waals surface area contributed by atoms with Crippen molar-refractivity contribution in [2.24, 2.45) is 0 Å². The summed E-state index contributed by atoms with van der Waals surface area (Å²) in [6.07, 6.45) is 1.83. The molecule has 0 N–H and O–H groups in total. The Bertz CT molecular complexity index is 4210. The molecule has 0 radical (unpaired) electrons. The van der Waals surface area contributed by atoms with Gasteiger partial charge in [-0.2, -0.15) is 0 Å². The first-order chi connectivity index (χ1) is 31.7. The molecule has 64 heavy (non-hydrogen) atoms. The van der Waals surface area contributed by atoms with Crippen LogP contribution in [0.3, 0.4) is 0 Å². The van der Waals surface area contributed by atoms with Crippen molar-refractivity contribution in [1.82, 2.24) is 24.5 Å². The third-order valence-corrected chi connectivity index (χ3v) is 13.7. The fraction of sp³-hybridized carbons (Fsp3) is 0. The van der Waals surface area contributed by atoms with E-state index < -0.39 is 0 Å². The zero-order valence-electron chi connectivity index (χ0n) is 33.9. The Balaban J connectivity index is 0.908. The van der Waals surface area contributed by atoms with Gasteiger partial charge in [0, 0.05) is 75.7 Å². The van der Waals surface area contributed by atoms with Gasteiger partial charge in [0.2, 0.25) is 0 Å². The Morgan fingerprint density at radius 1 is 0.359 bits per heavy atom. The Morgan fingerprint density at radius 3 is 1.80 bits per heavy atom. The molecule has 0 aliphatic rings. The Hall–Kier alpha value is -8.46. The van der Waals surface area contributed by atoms with Crippen molar-refractivity contribution >= 4 is 97.3 Å². The van der Waals surface area contributed by atoms with Crippen LogP contribution >= 0.6 is 11.3 Å². The van der Waals surface area contributed by atoms with Gasteiger partial charge in [-0.15, -0.1) is 11.3 Å². The van der Waals surface area contributed by atoms with Gasteiger partial charge in [-0.05, 0) is 108 Å². The van der Waals surface area contributed by atoms with E-state index in [-0.39, 0.29) is 0 Å². The molecule has 0 spiro atoms. The van der Waals surface area contributed by atoms with Crippen molar-refractivity contribution < 1.29 is 8.83 Å². The minimum Gasteiger partial charge on any atom is -0.456 e. The van der Waals surface area contributed by atoms with Crippen LogP contribution in [0, 0.1) is 0 Å². The lowest BCUT2D eigenvalue weighted by Crippen LogP contribution is -2.01. The van der Waals surface area contributed by atoms with Crippen molar-refractivity contribution in [3.8, 4) is 51.0 Å². The molecule has 0 bridgehead atoms. The standard InChI is InChI=1S/C56H31N5O2S/c1-5-13-45-38(9-1)39-24-19-34(33-20-25-49-43(27-33)40-10-2-6-14-47(40)62-49)29-46(39)61(45)37-22-17-32(18-23-37)54-58-55(35-21-26-52-44(28-35)41-11-4-8-16-51(41)64-52)60-56(59-54)36-30-50-53(57-31-36)42-12-3-7-15-48(42)63-50/h1-31H. The number of thiophene rings is 1. The van der Waals surface area contributed by atoms with Crippen LogP contribution in [0.15, 0.2) is 197 Å². The summed E-state index contributed by atoms with van der Waals surface area (Å²) in [6, 6.07) is 63.6. The summed E-state index contributed by atoms with van der Waals surface area (Å²) in [7, 11) is 0. The average Bonchev–Trinajstić information content (AvgIpc) is 4.12. The summed E-state index contributed by atoms with van der Waals surface area (Å²) in [5, 5.41) is 7.99. The monoisotopic (exact) mass is 837 g/mol. The van der Waals surface area contributed by atoms with Crippen molar-refractivity contribution in [1.29, 1.82) is 0 Å². The quantitative estimate of drug-likeness (QED) is 0.172. The summed E-state index contributed by atoms with van der Waals surface area (Å²) in [5.41, 5.74) is 12.2. The lowest BCUT2D eigenvalue weighted by atomic mass is 10.0. The molecule has 14 rings (SSSR count). The second-order valence-corrected chi connectivity index (χ2v) is 17.3. The highest BCUT2D eigenvalue weighted by Gasteiger charge is 2.19. The van der Waals surface area contributed by atoms with Gasteiger partial charge in [0.25, 0.3) is 0 Å². The van der Waals surface area contributed by atoms with Crippen LogP contribution in [-0.2, 0) is 0 Å². The Labute approximate surface area is 368 Å². The number of aromatic nitrogens is 5.